The van der Waals surface area contributed by atoms with Crippen LogP contribution in [-0.2, 0) is 11.3 Å². The van der Waals surface area contributed by atoms with E-state index < -0.39 is 6.16 Å². The Balaban J connectivity index is 1.41. The molecule has 0 saturated heterocycles. The average molecular weight is 401 g/mol. The van der Waals surface area contributed by atoms with Crippen LogP contribution < -0.4 is 4.74 Å². The average Bonchev–Trinajstić information content (AvgIpc) is 3.39. The van der Waals surface area contributed by atoms with Crippen molar-refractivity contribution >= 4 is 36.8 Å². The van der Waals surface area contributed by atoms with E-state index in [2.05, 4.69) is 48.5 Å². The summed E-state index contributed by atoms with van der Waals surface area (Å²) in [5.74, 6) is 1.01. The highest BCUT2D eigenvalue weighted by Crippen LogP contribution is 2.48. The first-order valence-corrected chi connectivity index (χ1v) is 10.4. The normalized spacial score (nSPS) is 11.0. The Morgan fingerprint density at radius 2 is 1.45 bits per heavy atom. The van der Waals surface area contributed by atoms with Crippen molar-refractivity contribution in [1.29, 1.82) is 0 Å². The quantitative estimate of drug-likeness (QED) is 0.184. The van der Waals surface area contributed by atoms with Crippen LogP contribution in [0.5, 0.6) is 5.75 Å². The molecule has 0 aliphatic heterocycles. The SMILES string of the molecule is O=C(OCc1ccco1)Oc1ccc(-[s+]2c3ccccc3c3ccccc32)cc1. The van der Waals surface area contributed by atoms with Gasteiger partial charge >= 0.3 is 6.16 Å². The molecule has 5 heteroatoms. The van der Waals surface area contributed by atoms with Gasteiger partial charge in [0.15, 0.2) is 20.9 Å². The maximum absolute atomic E-state index is 11.9. The zero-order valence-electron chi connectivity index (χ0n) is 15.4. The van der Waals surface area contributed by atoms with E-state index in [4.69, 9.17) is 13.9 Å². The molecule has 0 radical (unpaired) electrons. The van der Waals surface area contributed by atoms with Gasteiger partial charge in [-0.3, -0.25) is 0 Å². The zero-order valence-corrected chi connectivity index (χ0v) is 16.2. The summed E-state index contributed by atoms with van der Waals surface area (Å²) >= 11 is 0. The minimum Gasteiger partial charge on any atom is -0.466 e. The first-order chi connectivity index (χ1) is 14.3. The fourth-order valence-electron chi connectivity index (χ4n) is 3.40. The number of rotatable bonds is 4. The lowest BCUT2D eigenvalue weighted by Crippen LogP contribution is -2.10. The van der Waals surface area contributed by atoms with Crippen LogP contribution in [0, 0.1) is 0 Å². The van der Waals surface area contributed by atoms with E-state index in [9.17, 15) is 4.79 Å². The number of carbonyl (C=O) groups is 1. The van der Waals surface area contributed by atoms with Crippen LogP contribution in [0.4, 0.5) is 4.79 Å². The van der Waals surface area contributed by atoms with Crippen LogP contribution in [0.15, 0.2) is 95.6 Å². The highest BCUT2D eigenvalue weighted by Gasteiger charge is 2.23. The summed E-state index contributed by atoms with van der Waals surface area (Å²) in [5.41, 5.74) is 0. The van der Waals surface area contributed by atoms with Gasteiger partial charge in [-0.05, 0) is 48.5 Å². The van der Waals surface area contributed by atoms with E-state index in [0.29, 0.717) is 11.5 Å². The standard InChI is InChI=1S/C24H17O4S/c25-24(27-16-18-6-5-15-26-18)28-17-11-13-19(14-12-17)29-22-9-3-1-7-20(22)21-8-2-4-10-23(21)29/h1-15H,16H2/q+1. The molecule has 0 saturated carbocycles. The minimum atomic E-state index is -0.756. The van der Waals surface area contributed by atoms with E-state index in [0.717, 1.165) is 0 Å². The molecule has 0 bridgehead atoms. The number of thiophene rings is 1. The van der Waals surface area contributed by atoms with Gasteiger partial charge in [0.2, 0.25) is 0 Å². The molecule has 0 fully saturated rings. The molecular formula is C24H17O4S+. The minimum absolute atomic E-state index is 0.0426. The second-order valence-electron chi connectivity index (χ2n) is 6.49. The van der Waals surface area contributed by atoms with Crippen molar-refractivity contribution < 1.29 is 18.7 Å². The Hall–Kier alpha value is -3.57. The van der Waals surface area contributed by atoms with Crippen molar-refractivity contribution in [3.63, 3.8) is 0 Å². The van der Waals surface area contributed by atoms with Gasteiger partial charge in [-0.2, -0.15) is 0 Å². The lowest BCUT2D eigenvalue weighted by molar-refractivity contribution is 0.0864. The topological polar surface area (TPSA) is 48.7 Å². The first-order valence-electron chi connectivity index (χ1n) is 9.19. The third kappa shape index (κ3) is 3.37. The van der Waals surface area contributed by atoms with Crippen molar-refractivity contribution in [1.82, 2.24) is 0 Å². The Labute approximate surface area is 169 Å². The van der Waals surface area contributed by atoms with Gasteiger partial charge in [0.25, 0.3) is 0 Å². The number of hydrogen-bond donors (Lipinski definition) is 0. The van der Waals surface area contributed by atoms with Crippen LogP contribution >= 0.6 is 10.5 Å². The van der Waals surface area contributed by atoms with Crippen LogP contribution in [0.3, 0.4) is 0 Å². The van der Waals surface area contributed by atoms with E-state index in [1.54, 1.807) is 24.3 Å². The fraction of sp³-hybridized carbons (Fsp3) is 0.0417. The van der Waals surface area contributed by atoms with Gasteiger partial charge < -0.3 is 13.9 Å². The molecule has 0 aliphatic carbocycles. The Kier molecular flexibility index (Phi) is 4.50. The summed E-state index contributed by atoms with van der Waals surface area (Å²) < 4.78 is 18.1. The van der Waals surface area contributed by atoms with Gasteiger partial charge in [-0.15, -0.1) is 0 Å². The fourth-order valence-corrected chi connectivity index (χ4v) is 5.78. The summed E-state index contributed by atoms with van der Waals surface area (Å²) in [6.07, 6.45) is 0.774. The maximum atomic E-state index is 11.9. The number of ether oxygens (including phenoxy) is 2. The van der Waals surface area contributed by atoms with Crippen LogP contribution in [0.25, 0.3) is 25.1 Å². The summed E-state index contributed by atoms with van der Waals surface area (Å²) in [6, 6.07) is 28.2. The van der Waals surface area contributed by atoms with E-state index in [-0.39, 0.29) is 17.1 Å². The lowest BCUT2D eigenvalue weighted by Gasteiger charge is -2.04. The number of benzene rings is 3. The van der Waals surface area contributed by atoms with Crippen molar-refractivity contribution in [2.24, 2.45) is 0 Å². The Bertz CT molecular complexity index is 1230. The number of hydrogen-bond acceptors (Lipinski definition) is 4. The largest absolute Gasteiger partial charge is 0.514 e. The van der Waals surface area contributed by atoms with Gasteiger partial charge in [0, 0.05) is 33.4 Å². The molecule has 0 aliphatic rings. The van der Waals surface area contributed by atoms with E-state index in [1.165, 1.54) is 31.3 Å². The van der Waals surface area contributed by atoms with Gasteiger partial charge in [0.1, 0.15) is 11.5 Å². The highest BCUT2D eigenvalue weighted by atomic mass is 32.2. The molecule has 0 N–H and O–H groups in total. The van der Waals surface area contributed by atoms with Crippen molar-refractivity contribution in [3.8, 4) is 10.6 Å². The van der Waals surface area contributed by atoms with Crippen LogP contribution in [0.2, 0.25) is 0 Å². The molecule has 2 aromatic heterocycles. The highest BCUT2D eigenvalue weighted by molar-refractivity contribution is 7.50. The summed E-state index contributed by atoms with van der Waals surface area (Å²) in [6.45, 7) is 0.0426. The third-order valence-electron chi connectivity index (χ3n) is 4.68. The number of furan rings is 1. The van der Waals surface area contributed by atoms with Crippen LogP contribution in [0.1, 0.15) is 5.76 Å². The van der Waals surface area contributed by atoms with Gasteiger partial charge in [0.05, 0.1) is 6.26 Å². The second-order valence-corrected chi connectivity index (χ2v) is 8.45. The predicted molar refractivity (Wildman–Crippen MR) is 115 cm³/mol. The molecule has 4 nitrogen and oxygen atoms in total. The monoisotopic (exact) mass is 401 g/mol. The number of carbonyl (C=O) groups excluding carboxylic acids is 1. The van der Waals surface area contributed by atoms with Gasteiger partial charge in [-0.1, -0.05) is 24.3 Å². The first kappa shape index (κ1) is 17.5. The van der Waals surface area contributed by atoms with Crippen LogP contribution in [-0.4, -0.2) is 6.16 Å². The maximum Gasteiger partial charge on any atom is 0.514 e. The predicted octanol–water partition coefficient (Wildman–Crippen LogP) is 7.04. The van der Waals surface area contributed by atoms with E-state index >= 15 is 0 Å². The second kappa shape index (κ2) is 7.45. The van der Waals surface area contributed by atoms with Crippen molar-refractivity contribution in [3.05, 3.63) is 97.0 Å². The molecule has 0 spiro atoms. The summed E-state index contributed by atoms with van der Waals surface area (Å²) in [7, 11) is -0.169. The molecule has 0 atom stereocenters. The summed E-state index contributed by atoms with van der Waals surface area (Å²) in [5, 5.41) is 2.57. The molecule has 29 heavy (non-hydrogen) atoms. The van der Waals surface area contributed by atoms with Crippen molar-refractivity contribution in [2.45, 2.75) is 6.61 Å². The smallest absolute Gasteiger partial charge is 0.466 e. The molecule has 2 heterocycles. The molecular weight excluding hydrogens is 384 g/mol. The van der Waals surface area contributed by atoms with E-state index in [1.807, 2.05) is 12.1 Å². The molecule has 0 unspecified atom stereocenters. The number of fused-ring (bicyclic) bond motifs is 3. The molecule has 5 aromatic rings. The molecule has 5 rings (SSSR count). The molecule has 142 valence electrons. The Morgan fingerprint density at radius 1 is 0.793 bits per heavy atom. The Morgan fingerprint density at radius 3 is 2.07 bits per heavy atom. The lowest BCUT2D eigenvalue weighted by atomic mass is 10.2. The summed E-state index contributed by atoms with van der Waals surface area (Å²) in [4.78, 5) is 13.1. The van der Waals surface area contributed by atoms with Crippen molar-refractivity contribution in [2.75, 3.05) is 0 Å². The molecule has 0 amide bonds. The van der Waals surface area contributed by atoms with Gasteiger partial charge in [-0.25, -0.2) is 4.79 Å². The zero-order chi connectivity index (χ0) is 19.6. The third-order valence-corrected chi connectivity index (χ3v) is 7.01. The molecule has 3 aromatic carbocycles.